The van der Waals surface area contributed by atoms with Crippen LogP contribution in [-0.4, -0.2) is 39.7 Å². The van der Waals surface area contributed by atoms with Crippen LogP contribution in [0.15, 0.2) is 18.5 Å². The molecule has 0 aromatic carbocycles. The molecule has 18 heavy (non-hydrogen) atoms. The van der Waals surface area contributed by atoms with Crippen molar-refractivity contribution in [1.29, 1.82) is 0 Å². The summed E-state index contributed by atoms with van der Waals surface area (Å²) in [5.41, 5.74) is 1.27. The van der Waals surface area contributed by atoms with Gasteiger partial charge in [0.15, 0.2) is 0 Å². The van der Waals surface area contributed by atoms with Crippen LogP contribution < -0.4 is 10.6 Å². The smallest absolute Gasteiger partial charge is 0.255 e. The Bertz CT molecular complexity index is 437. The third-order valence-corrected chi connectivity index (χ3v) is 3.26. The molecule has 1 amide bonds. The Kier molecular flexibility index (Phi) is 5.77. The molecule has 0 saturated carbocycles. The molecule has 1 heterocycles. The fraction of sp³-hybridized carbons (Fsp3) is 0.500. The van der Waals surface area contributed by atoms with Gasteiger partial charge in [0.2, 0.25) is 0 Å². The van der Waals surface area contributed by atoms with E-state index in [9.17, 15) is 9.00 Å². The van der Waals surface area contributed by atoms with Crippen LogP contribution in [0.5, 0.6) is 0 Å². The molecule has 2 N–H and O–H groups in total. The molecule has 0 fully saturated rings. The third kappa shape index (κ3) is 4.44. The fourth-order valence-electron chi connectivity index (χ4n) is 1.62. The van der Waals surface area contributed by atoms with E-state index in [4.69, 9.17) is 0 Å². The molecule has 6 heteroatoms. The first-order valence-corrected chi connectivity index (χ1v) is 7.56. The number of amides is 1. The summed E-state index contributed by atoms with van der Waals surface area (Å²) in [6, 6.07) is 1.64. The van der Waals surface area contributed by atoms with Crippen LogP contribution in [0.25, 0.3) is 0 Å². The number of hydrogen-bond acceptors (Lipinski definition) is 4. The highest BCUT2D eigenvalue weighted by atomic mass is 32.2. The van der Waals surface area contributed by atoms with Crippen molar-refractivity contribution in [2.45, 2.75) is 19.9 Å². The first-order valence-electron chi connectivity index (χ1n) is 5.83. The average Bonchev–Trinajstić information content (AvgIpc) is 2.28. The minimum absolute atomic E-state index is 0.127. The van der Waals surface area contributed by atoms with E-state index in [1.165, 1.54) is 6.20 Å². The van der Waals surface area contributed by atoms with Gasteiger partial charge in [0.25, 0.3) is 5.91 Å². The van der Waals surface area contributed by atoms with Crippen LogP contribution in [0.2, 0.25) is 0 Å². The average molecular weight is 269 g/mol. The quantitative estimate of drug-likeness (QED) is 0.808. The molecule has 100 valence electrons. The monoisotopic (exact) mass is 269 g/mol. The van der Waals surface area contributed by atoms with Gasteiger partial charge in [-0.15, -0.1) is 0 Å². The van der Waals surface area contributed by atoms with Crippen molar-refractivity contribution >= 4 is 22.4 Å². The van der Waals surface area contributed by atoms with E-state index in [-0.39, 0.29) is 11.9 Å². The van der Waals surface area contributed by atoms with Crippen molar-refractivity contribution in [3.05, 3.63) is 24.0 Å². The standard InChI is InChI=1S/C12H19N3O2S/c1-4-14-11-5-6-13-7-10(11)12(16)15-9(2)8-18(3)17/h5-7,9H,4,8H2,1-3H3,(H,13,14)(H,15,16). The van der Waals surface area contributed by atoms with Gasteiger partial charge in [-0.25, -0.2) is 0 Å². The second kappa shape index (κ2) is 7.10. The summed E-state index contributed by atoms with van der Waals surface area (Å²) in [6.07, 6.45) is 4.79. The number of nitrogens with one attached hydrogen (secondary N) is 2. The highest BCUT2D eigenvalue weighted by molar-refractivity contribution is 7.84. The number of carbonyl (C=O) groups excluding carboxylic acids is 1. The Morgan fingerprint density at radius 3 is 2.89 bits per heavy atom. The van der Waals surface area contributed by atoms with Gasteiger partial charge in [-0.2, -0.15) is 0 Å². The second-order valence-electron chi connectivity index (χ2n) is 4.07. The summed E-state index contributed by atoms with van der Waals surface area (Å²) < 4.78 is 11.1. The number of nitrogens with zero attached hydrogens (tertiary/aromatic N) is 1. The van der Waals surface area contributed by atoms with Crippen LogP contribution in [-0.2, 0) is 10.8 Å². The van der Waals surface area contributed by atoms with Crippen molar-refractivity contribution in [3.63, 3.8) is 0 Å². The summed E-state index contributed by atoms with van der Waals surface area (Å²) >= 11 is 0. The molecule has 0 bridgehead atoms. The SMILES string of the molecule is CCNc1ccncc1C(=O)NC(C)CS(C)=O. The Hall–Kier alpha value is -1.43. The molecular formula is C12H19N3O2S. The molecule has 1 rings (SSSR count). The van der Waals surface area contributed by atoms with E-state index in [1.54, 1.807) is 18.5 Å². The maximum atomic E-state index is 12.0. The van der Waals surface area contributed by atoms with Crippen LogP contribution in [0, 0.1) is 0 Å². The fourth-order valence-corrected chi connectivity index (χ4v) is 2.40. The summed E-state index contributed by atoms with van der Waals surface area (Å²) in [6.45, 7) is 4.53. The van der Waals surface area contributed by atoms with Gasteiger partial charge in [-0.1, -0.05) is 0 Å². The zero-order chi connectivity index (χ0) is 13.5. The molecule has 0 spiro atoms. The first kappa shape index (κ1) is 14.6. The lowest BCUT2D eigenvalue weighted by molar-refractivity contribution is 0.0944. The van der Waals surface area contributed by atoms with Crippen LogP contribution >= 0.6 is 0 Å². The molecule has 2 unspecified atom stereocenters. The van der Waals surface area contributed by atoms with Gasteiger partial charge in [-0.3, -0.25) is 14.0 Å². The van der Waals surface area contributed by atoms with Gasteiger partial charge >= 0.3 is 0 Å². The lowest BCUT2D eigenvalue weighted by Gasteiger charge is -2.14. The van der Waals surface area contributed by atoms with Gasteiger partial charge < -0.3 is 10.6 Å². The number of carbonyl (C=O) groups is 1. The van der Waals surface area contributed by atoms with Crippen molar-refractivity contribution in [2.75, 3.05) is 23.9 Å². The normalized spacial score (nSPS) is 13.7. The first-order chi connectivity index (χ1) is 8.54. The Balaban J connectivity index is 2.74. The van der Waals surface area contributed by atoms with Gasteiger partial charge in [0, 0.05) is 47.8 Å². The number of hydrogen-bond donors (Lipinski definition) is 2. The molecule has 5 nitrogen and oxygen atoms in total. The maximum Gasteiger partial charge on any atom is 0.255 e. The minimum Gasteiger partial charge on any atom is -0.385 e. The van der Waals surface area contributed by atoms with E-state index in [0.717, 1.165) is 12.2 Å². The van der Waals surface area contributed by atoms with E-state index < -0.39 is 10.8 Å². The van der Waals surface area contributed by atoms with Gasteiger partial charge in [0.1, 0.15) is 0 Å². The second-order valence-corrected chi connectivity index (χ2v) is 5.55. The lowest BCUT2D eigenvalue weighted by atomic mass is 10.2. The van der Waals surface area contributed by atoms with Crippen molar-refractivity contribution in [2.24, 2.45) is 0 Å². The predicted octanol–water partition coefficient (Wildman–Crippen LogP) is 1.01. The highest BCUT2D eigenvalue weighted by Crippen LogP contribution is 2.13. The van der Waals surface area contributed by atoms with Gasteiger partial charge in [-0.05, 0) is 19.9 Å². The topological polar surface area (TPSA) is 71.1 Å². The molecule has 0 aliphatic carbocycles. The zero-order valence-electron chi connectivity index (χ0n) is 10.9. The molecular weight excluding hydrogens is 250 g/mol. The van der Waals surface area contributed by atoms with E-state index in [0.29, 0.717) is 11.3 Å². The van der Waals surface area contributed by atoms with E-state index >= 15 is 0 Å². The molecule has 0 radical (unpaired) electrons. The molecule has 2 atom stereocenters. The Morgan fingerprint density at radius 2 is 2.28 bits per heavy atom. The van der Waals surface area contributed by atoms with Crippen molar-refractivity contribution in [3.8, 4) is 0 Å². The predicted molar refractivity (Wildman–Crippen MR) is 74.3 cm³/mol. The van der Waals surface area contributed by atoms with Crippen molar-refractivity contribution < 1.29 is 9.00 Å². The minimum atomic E-state index is -0.923. The molecule has 1 aromatic rings. The maximum absolute atomic E-state index is 12.0. The van der Waals surface area contributed by atoms with Gasteiger partial charge in [0.05, 0.1) is 11.3 Å². The summed E-state index contributed by atoms with van der Waals surface area (Å²) in [5.74, 6) is 0.250. The third-order valence-electron chi connectivity index (χ3n) is 2.30. The number of anilines is 1. The van der Waals surface area contributed by atoms with E-state index in [1.807, 2.05) is 13.8 Å². The summed E-state index contributed by atoms with van der Waals surface area (Å²) in [4.78, 5) is 16.0. The van der Waals surface area contributed by atoms with Crippen molar-refractivity contribution in [1.82, 2.24) is 10.3 Å². The molecule has 1 aromatic heterocycles. The zero-order valence-corrected chi connectivity index (χ0v) is 11.7. The molecule has 0 aliphatic heterocycles. The molecule has 0 saturated heterocycles. The summed E-state index contributed by atoms with van der Waals surface area (Å²) in [5, 5.41) is 5.92. The largest absolute Gasteiger partial charge is 0.385 e. The Morgan fingerprint density at radius 1 is 1.56 bits per heavy atom. The number of rotatable bonds is 6. The van der Waals surface area contributed by atoms with Crippen LogP contribution in [0.1, 0.15) is 24.2 Å². The summed E-state index contributed by atoms with van der Waals surface area (Å²) in [7, 11) is -0.923. The lowest BCUT2D eigenvalue weighted by Crippen LogP contribution is -2.36. The number of pyridine rings is 1. The van der Waals surface area contributed by atoms with Crippen LogP contribution in [0.3, 0.4) is 0 Å². The molecule has 0 aliphatic rings. The van der Waals surface area contributed by atoms with E-state index in [2.05, 4.69) is 15.6 Å². The Labute approximate surface area is 110 Å². The number of aromatic nitrogens is 1. The van der Waals surface area contributed by atoms with Crippen LogP contribution in [0.4, 0.5) is 5.69 Å². The highest BCUT2D eigenvalue weighted by Gasteiger charge is 2.14.